The number of hydrogen-bond acceptors (Lipinski definition) is 4. The van der Waals surface area contributed by atoms with Crippen molar-refractivity contribution in [3.05, 3.63) is 35.9 Å². The molecule has 4 atom stereocenters. The van der Waals surface area contributed by atoms with Gasteiger partial charge in [-0.15, -0.1) is 12.4 Å². The third kappa shape index (κ3) is 5.79. The lowest BCUT2D eigenvalue weighted by Gasteiger charge is -2.31. The number of esters is 1. The first-order chi connectivity index (χ1) is 10.6. The average Bonchev–Trinajstić information content (AvgIpc) is 2.55. The first-order valence-corrected chi connectivity index (χ1v) is 8.23. The Morgan fingerprint density at radius 1 is 1.26 bits per heavy atom. The van der Waals surface area contributed by atoms with E-state index in [0.717, 1.165) is 19.3 Å². The van der Waals surface area contributed by atoms with Crippen molar-refractivity contribution in [2.75, 3.05) is 6.61 Å². The largest absolute Gasteiger partial charge is 0.459 e. The molecule has 4 nitrogen and oxygen atoms in total. The minimum absolute atomic E-state index is 0. The number of hydrogen-bond donors (Lipinski definition) is 1. The predicted molar refractivity (Wildman–Crippen MR) is 93.7 cm³/mol. The van der Waals surface area contributed by atoms with Crippen molar-refractivity contribution in [1.29, 1.82) is 0 Å². The van der Waals surface area contributed by atoms with E-state index < -0.39 is 6.04 Å². The summed E-state index contributed by atoms with van der Waals surface area (Å²) >= 11 is 0. The molecule has 0 aliphatic carbocycles. The van der Waals surface area contributed by atoms with E-state index in [1.165, 1.54) is 5.56 Å². The highest BCUT2D eigenvalue weighted by Crippen LogP contribution is 2.27. The molecular weight excluding hydrogens is 314 g/mol. The van der Waals surface area contributed by atoms with Gasteiger partial charge in [-0.1, -0.05) is 36.8 Å². The van der Waals surface area contributed by atoms with E-state index >= 15 is 0 Å². The molecule has 1 fully saturated rings. The number of halogens is 1. The van der Waals surface area contributed by atoms with Gasteiger partial charge < -0.3 is 15.2 Å². The van der Waals surface area contributed by atoms with Crippen LogP contribution in [0.15, 0.2) is 30.3 Å². The number of nitrogens with two attached hydrogens (primary N) is 1. The minimum Gasteiger partial charge on any atom is -0.459 e. The highest BCUT2D eigenvalue weighted by molar-refractivity contribution is 5.85. The fraction of sp³-hybridized carbons (Fsp3) is 0.611. The van der Waals surface area contributed by atoms with Gasteiger partial charge in [0.1, 0.15) is 12.1 Å². The SMILES string of the molecule is CCO[C@@H]1[C@@H](Cc2ccccc2)CCC[C@H](N)C(=O)O[C@H]1C.Cl. The summed E-state index contributed by atoms with van der Waals surface area (Å²) in [6.07, 6.45) is 3.17. The molecule has 1 aromatic carbocycles. The number of cyclic esters (lactones) is 1. The zero-order chi connectivity index (χ0) is 15.9. The monoisotopic (exact) mass is 341 g/mol. The second kappa shape index (κ2) is 9.91. The van der Waals surface area contributed by atoms with Gasteiger partial charge in [-0.25, -0.2) is 0 Å². The molecule has 0 radical (unpaired) electrons. The lowest BCUT2D eigenvalue weighted by molar-refractivity contribution is -0.159. The van der Waals surface area contributed by atoms with Gasteiger partial charge in [-0.3, -0.25) is 4.79 Å². The van der Waals surface area contributed by atoms with Crippen molar-refractivity contribution in [3.8, 4) is 0 Å². The van der Waals surface area contributed by atoms with E-state index in [4.69, 9.17) is 15.2 Å². The molecule has 1 aliphatic heterocycles. The van der Waals surface area contributed by atoms with Gasteiger partial charge in [-0.05, 0) is 44.6 Å². The zero-order valence-electron chi connectivity index (χ0n) is 13.9. The van der Waals surface area contributed by atoms with E-state index in [0.29, 0.717) is 18.9 Å². The summed E-state index contributed by atoms with van der Waals surface area (Å²) in [6, 6.07) is 9.89. The molecule has 0 bridgehead atoms. The molecule has 2 rings (SSSR count). The highest BCUT2D eigenvalue weighted by atomic mass is 35.5. The molecule has 0 saturated carbocycles. The second-order valence-electron chi connectivity index (χ2n) is 6.05. The van der Waals surface area contributed by atoms with Crippen molar-refractivity contribution in [2.45, 2.75) is 57.8 Å². The van der Waals surface area contributed by atoms with Gasteiger partial charge in [0.25, 0.3) is 0 Å². The molecular formula is C18H28ClNO3. The van der Waals surface area contributed by atoms with Gasteiger partial charge in [0.05, 0.1) is 6.10 Å². The Balaban J connectivity index is 0.00000264. The van der Waals surface area contributed by atoms with Crippen LogP contribution in [0.4, 0.5) is 0 Å². The van der Waals surface area contributed by atoms with Crippen molar-refractivity contribution >= 4 is 18.4 Å². The lowest BCUT2D eigenvalue weighted by Crippen LogP contribution is -2.40. The van der Waals surface area contributed by atoms with Crippen molar-refractivity contribution in [1.82, 2.24) is 0 Å². The third-order valence-corrected chi connectivity index (χ3v) is 4.32. The maximum absolute atomic E-state index is 11.9. The van der Waals surface area contributed by atoms with Crippen LogP contribution in [0.1, 0.15) is 38.7 Å². The molecule has 1 aromatic rings. The molecule has 0 unspecified atom stereocenters. The Hall–Kier alpha value is -1.10. The molecule has 1 heterocycles. The molecule has 0 spiro atoms. The normalized spacial score (nSPS) is 28.7. The van der Waals surface area contributed by atoms with E-state index in [1.807, 2.05) is 19.9 Å². The Morgan fingerprint density at radius 2 is 1.96 bits per heavy atom. The lowest BCUT2D eigenvalue weighted by atomic mass is 9.87. The quantitative estimate of drug-likeness (QED) is 0.855. The number of rotatable bonds is 4. The first kappa shape index (κ1) is 19.9. The molecule has 0 aromatic heterocycles. The van der Waals surface area contributed by atoms with Crippen LogP contribution in [0.3, 0.4) is 0 Å². The van der Waals surface area contributed by atoms with Crippen molar-refractivity contribution in [2.24, 2.45) is 11.7 Å². The summed E-state index contributed by atoms with van der Waals surface area (Å²) in [5.74, 6) is 0.0213. The van der Waals surface area contributed by atoms with Crippen molar-refractivity contribution in [3.63, 3.8) is 0 Å². The van der Waals surface area contributed by atoms with Crippen LogP contribution in [-0.2, 0) is 20.7 Å². The van der Waals surface area contributed by atoms with Crippen LogP contribution in [0.5, 0.6) is 0 Å². The Kier molecular flexibility index (Phi) is 8.59. The van der Waals surface area contributed by atoms with E-state index in [2.05, 4.69) is 24.3 Å². The summed E-state index contributed by atoms with van der Waals surface area (Å²) < 4.78 is 11.5. The highest BCUT2D eigenvalue weighted by Gasteiger charge is 2.33. The van der Waals surface area contributed by atoms with E-state index in [1.54, 1.807) is 0 Å². The number of carbonyl (C=O) groups is 1. The molecule has 2 N–H and O–H groups in total. The summed E-state index contributed by atoms with van der Waals surface area (Å²) in [6.45, 7) is 4.50. The molecule has 1 saturated heterocycles. The average molecular weight is 342 g/mol. The Labute approximate surface area is 145 Å². The smallest absolute Gasteiger partial charge is 0.323 e. The third-order valence-electron chi connectivity index (χ3n) is 4.32. The molecule has 0 amide bonds. The molecule has 1 aliphatic rings. The Morgan fingerprint density at radius 3 is 2.61 bits per heavy atom. The molecule has 5 heteroatoms. The van der Waals surface area contributed by atoms with Crippen LogP contribution in [0.25, 0.3) is 0 Å². The van der Waals surface area contributed by atoms with Crippen molar-refractivity contribution < 1.29 is 14.3 Å². The van der Waals surface area contributed by atoms with Gasteiger partial charge in [0.2, 0.25) is 0 Å². The number of carbonyl (C=O) groups excluding carboxylic acids is 1. The summed E-state index contributed by atoms with van der Waals surface area (Å²) in [5.41, 5.74) is 7.17. The van der Waals surface area contributed by atoms with E-state index in [9.17, 15) is 4.79 Å². The molecule has 23 heavy (non-hydrogen) atoms. The van der Waals surface area contributed by atoms with Crippen LogP contribution in [0, 0.1) is 5.92 Å². The zero-order valence-corrected chi connectivity index (χ0v) is 14.8. The van der Waals surface area contributed by atoms with Gasteiger partial charge in [-0.2, -0.15) is 0 Å². The van der Waals surface area contributed by atoms with Crippen LogP contribution >= 0.6 is 12.4 Å². The van der Waals surface area contributed by atoms with Crippen LogP contribution < -0.4 is 5.73 Å². The Bertz CT molecular complexity index is 469. The molecule has 130 valence electrons. The number of ether oxygens (including phenoxy) is 2. The summed E-state index contributed by atoms with van der Waals surface area (Å²) in [7, 11) is 0. The van der Waals surface area contributed by atoms with Crippen LogP contribution in [-0.4, -0.2) is 30.8 Å². The first-order valence-electron chi connectivity index (χ1n) is 8.23. The topological polar surface area (TPSA) is 61.5 Å². The minimum atomic E-state index is -0.514. The second-order valence-corrected chi connectivity index (χ2v) is 6.05. The maximum atomic E-state index is 11.9. The van der Waals surface area contributed by atoms with Crippen LogP contribution in [0.2, 0.25) is 0 Å². The fourth-order valence-electron chi connectivity index (χ4n) is 3.20. The fourth-order valence-corrected chi connectivity index (χ4v) is 3.20. The van der Waals surface area contributed by atoms with Gasteiger partial charge in [0, 0.05) is 6.61 Å². The maximum Gasteiger partial charge on any atom is 0.323 e. The van der Waals surface area contributed by atoms with Gasteiger partial charge >= 0.3 is 5.97 Å². The summed E-state index contributed by atoms with van der Waals surface area (Å²) in [5, 5.41) is 0. The van der Waals surface area contributed by atoms with E-state index in [-0.39, 0.29) is 30.6 Å². The predicted octanol–water partition coefficient (Wildman–Crippen LogP) is 3.12. The standard InChI is InChI=1S/C18H27NO3.ClH/c1-3-21-17-13(2)22-18(20)16(19)11-7-10-15(17)12-14-8-5-4-6-9-14;/h4-6,8-9,13,15-17H,3,7,10-12,19H2,1-2H3;1H/t13-,15+,16-,17-;/m0./s1. The van der Waals surface area contributed by atoms with Gasteiger partial charge in [0.15, 0.2) is 0 Å². The number of benzene rings is 1. The summed E-state index contributed by atoms with van der Waals surface area (Å²) in [4.78, 5) is 11.9.